The van der Waals surface area contributed by atoms with Gasteiger partial charge in [-0.15, -0.1) is 0 Å². The second kappa shape index (κ2) is 5.13. The van der Waals surface area contributed by atoms with Gasteiger partial charge < -0.3 is 9.63 Å². The van der Waals surface area contributed by atoms with Crippen molar-refractivity contribution < 1.29 is 23.2 Å². The molecule has 1 N–H and O–H groups in total. The van der Waals surface area contributed by atoms with Gasteiger partial charge in [0.05, 0.1) is 0 Å². The first-order chi connectivity index (χ1) is 8.56. The van der Waals surface area contributed by atoms with Gasteiger partial charge in [0.25, 0.3) is 5.22 Å². The number of hydrogen-bond donors (Lipinski definition) is 1. The highest BCUT2D eigenvalue weighted by Gasteiger charge is 2.12. The van der Waals surface area contributed by atoms with Crippen LogP contribution in [0, 0.1) is 11.6 Å². The highest BCUT2D eigenvalue weighted by atomic mass is 32.2. The molecule has 2 rings (SSSR count). The summed E-state index contributed by atoms with van der Waals surface area (Å²) >= 11 is 0.844. The van der Waals surface area contributed by atoms with Crippen molar-refractivity contribution in [1.82, 2.24) is 10.1 Å². The van der Waals surface area contributed by atoms with Crippen LogP contribution >= 0.6 is 11.8 Å². The quantitative estimate of drug-likeness (QED) is 0.860. The summed E-state index contributed by atoms with van der Waals surface area (Å²) in [5.74, 6) is -3.16. The molecule has 0 saturated carbocycles. The van der Waals surface area contributed by atoms with E-state index in [2.05, 4.69) is 10.1 Å². The van der Waals surface area contributed by atoms with E-state index in [0.29, 0.717) is 0 Å². The third-order valence-electron chi connectivity index (χ3n) is 1.90. The highest BCUT2D eigenvalue weighted by molar-refractivity contribution is 7.99. The van der Waals surface area contributed by atoms with Gasteiger partial charge in [-0.1, -0.05) is 16.9 Å². The van der Waals surface area contributed by atoms with Gasteiger partial charge in [0.2, 0.25) is 5.82 Å². The van der Waals surface area contributed by atoms with Crippen molar-refractivity contribution in [3.05, 3.63) is 29.8 Å². The number of carboxylic acids is 1. The van der Waals surface area contributed by atoms with Crippen molar-refractivity contribution in [2.24, 2.45) is 0 Å². The van der Waals surface area contributed by atoms with Crippen LogP contribution in [0.4, 0.5) is 8.78 Å². The van der Waals surface area contributed by atoms with Crippen LogP contribution in [0.2, 0.25) is 0 Å². The number of halogens is 2. The van der Waals surface area contributed by atoms with E-state index < -0.39 is 17.6 Å². The molecule has 94 valence electrons. The predicted octanol–water partition coefficient (Wildman–Crippen LogP) is 2.19. The summed E-state index contributed by atoms with van der Waals surface area (Å²) in [4.78, 5) is 14.2. The van der Waals surface area contributed by atoms with E-state index >= 15 is 0 Å². The number of aliphatic carboxylic acids is 1. The van der Waals surface area contributed by atoms with Crippen LogP contribution in [0.1, 0.15) is 0 Å². The van der Waals surface area contributed by atoms with Crippen LogP contribution in [-0.2, 0) is 4.79 Å². The number of benzene rings is 1. The number of aromatic nitrogens is 2. The Bertz CT molecular complexity index is 588. The number of carbonyl (C=O) groups is 1. The molecular formula is C10H6F2N2O3S. The Balaban J connectivity index is 2.18. The van der Waals surface area contributed by atoms with Gasteiger partial charge in [0.15, 0.2) is 11.6 Å². The van der Waals surface area contributed by atoms with Crippen molar-refractivity contribution in [3.8, 4) is 11.4 Å². The summed E-state index contributed by atoms with van der Waals surface area (Å²) in [6.45, 7) is 0. The maximum atomic E-state index is 13.0. The molecule has 1 aromatic heterocycles. The Morgan fingerprint density at radius 3 is 2.83 bits per heavy atom. The first-order valence-corrected chi connectivity index (χ1v) is 5.68. The van der Waals surface area contributed by atoms with Gasteiger partial charge >= 0.3 is 5.97 Å². The van der Waals surface area contributed by atoms with Crippen LogP contribution < -0.4 is 0 Å². The summed E-state index contributed by atoms with van der Waals surface area (Å²) < 4.78 is 30.5. The summed E-state index contributed by atoms with van der Waals surface area (Å²) in [5.41, 5.74) is 0.250. The first-order valence-electron chi connectivity index (χ1n) is 4.70. The van der Waals surface area contributed by atoms with Crippen LogP contribution in [0.15, 0.2) is 27.9 Å². The van der Waals surface area contributed by atoms with Gasteiger partial charge in [0, 0.05) is 5.56 Å². The van der Waals surface area contributed by atoms with Crippen LogP contribution in [0.25, 0.3) is 11.4 Å². The van der Waals surface area contributed by atoms with Gasteiger partial charge in [-0.05, 0) is 18.2 Å². The standard InChI is InChI=1S/C10H6F2N2O3S/c11-6-2-1-5(3-7(6)12)9-13-10(17-14-9)18-4-8(15)16/h1-3H,4H2,(H,15,16). The average molecular weight is 272 g/mol. The lowest BCUT2D eigenvalue weighted by Crippen LogP contribution is -1.97. The maximum absolute atomic E-state index is 13.0. The predicted molar refractivity (Wildman–Crippen MR) is 58.0 cm³/mol. The Labute approximate surface area is 104 Å². The van der Waals surface area contributed by atoms with Gasteiger partial charge in [-0.3, -0.25) is 4.79 Å². The minimum Gasteiger partial charge on any atom is -0.481 e. The van der Waals surface area contributed by atoms with Crippen LogP contribution in [-0.4, -0.2) is 27.0 Å². The number of hydrogen-bond acceptors (Lipinski definition) is 5. The fourth-order valence-corrected chi connectivity index (χ4v) is 1.63. The summed E-state index contributed by atoms with van der Waals surface area (Å²) in [5, 5.41) is 12.1. The van der Waals surface area contributed by atoms with Gasteiger partial charge in [-0.25, -0.2) is 8.78 Å². The van der Waals surface area contributed by atoms with Crippen molar-refractivity contribution in [3.63, 3.8) is 0 Å². The van der Waals surface area contributed by atoms with Gasteiger partial charge in [-0.2, -0.15) is 4.98 Å². The summed E-state index contributed by atoms with van der Waals surface area (Å²) in [6, 6.07) is 3.19. The minimum atomic E-state index is -1.02. The monoisotopic (exact) mass is 272 g/mol. The van der Waals surface area contributed by atoms with Crippen molar-refractivity contribution >= 4 is 17.7 Å². The van der Waals surface area contributed by atoms with Gasteiger partial charge in [0.1, 0.15) is 5.75 Å². The molecule has 0 bridgehead atoms. The highest BCUT2D eigenvalue weighted by Crippen LogP contribution is 2.22. The third kappa shape index (κ3) is 2.83. The average Bonchev–Trinajstić information content (AvgIpc) is 2.79. The zero-order valence-electron chi connectivity index (χ0n) is 8.76. The zero-order chi connectivity index (χ0) is 13.1. The summed E-state index contributed by atoms with van der Waals surface area (Å²) in [7, 11) is 0. The molecule has 0 fully saturated rings. The number of thioether (sulfide) groups is 1. The Hall–Kier alpha value is -1.96. The second-order valence-corrected chi connectivity index (χ2v) is 4.12. The smallest absolute Gasteiger partial charge is 0.314 e. The molecule has 0 radical (unpaired) electrons. The van der Waals surface area contributed by atoms with E-state index in [1.807, 2.05) is 0 Å². The van der Waals surface area contributed by atoms with E-state index in [4.69, 9.17) is 9.63 Å². The number of carboxylic acid groups (broad SMARTS) is 1. The molecule has 0 aliphatic carbocycles. The second-order valence-electron chi connectivity index (χ2n) is 3.20. The molecule has 0 saturated heterocycles. The van der Waals surface area contributed by atoms with E-state index in [-0.39, 0.29) is 22.4 Å². The zero-order valence-corrected chi connectivity index (χ0v) is 9.58. The molecule has 8 heteroatoms. The third-order valence-corrected chi connectivity index (χ3v) is 2.71. The molecule has 0 amide bonds. The van der Waals surface area contributed by atoms with E-state index in [9.17, 15) is 13.6 Å². The maximum Gasteiger partial charge on any atom is 0.314 e. The van der Waals surface area contributed by atoms with Crippen LogP contribution in [0.5, 0.6) is 0 Å². The fraction of sp³-hybridized carbons (Fsp3) is 0.100. The number of nitrogens with zero attached hydrogens (tertiary/aromatic N) is 2. The molecular weight excluding hydrogens is 266 g/mol. The molecule has 5 nitrogen and oxygen atoms in total. The summed E-state index contributed by atoms with van der Waals surface area (Å²) in [6.07, 6.45) is 0. The van der Waals surface area contributed by atoms with Crippen molar-refractivity contribution in [2.45, 2.75) is 5.22 Å². The van der Waals surface area contributed by atoms with E-state index in [1.54, 1.807) is 0 Å². The van der Waals surface area contributed by atoms with Crippen LogP contribution in [0.3, 0.4) is 0 Å². The Kier molecular flexibility index (Phi) is 3.56. The van der Waals surface area contributed by atoms with E-state index in [1.165, 1.54) is 6.07 Å². The Morgan fingerprint density at radius 1 is 1.39 bits per heavy atom. The largest absolute Gasteiger partial charge is 0.481 e. The first kappa shape index (κ1) is 12.5. The fourth-order valence-electron chi connectivity index (χ4n) is 1.14. The lowest BCUT2D eigenvalue weighted by Gasteiger charge is -1.95. The SMILES string of the molecule is O=C(O)CSc1nc(-c2ccc(F)c(F)c2)no1. The number of rotatable bonds is 4. The topological polar surface area (TPSA) is 76.2 Å². The lowest BCUT2D eigenvalue weighted by atomic mass is 10.2. The molecule has 1 aromatic carbocycles. The van der Waals surface area contributed by atoms with E-state index in [0.717, 1.165) is 23.9 Å². The molecule has 0 unspecified atom stereocenters. The Morgan fingerprint density at radius 2 is 2.17 bits per heavy atom. The normalized spacial score (nSPS) is 10.6. The minimum absolute atomic E-state index is 0.0529. The molecule has 0 spiro atoms. The molecule has 0 aliphatic heterocycles. The molecule has 18 heavy (non-hydrogen) atoms. The molecule has 2 aromatic rings. The van der Waals surface area contributed by atoms with Crippen molar-refractivity contribution in [1.29, 1.82) is 0 Å². The molecule has 0 aliphatic rings. The molecule has 1 heterocycles. The molecule has 0 atom stereocenters. The lowest BCUT2D eigenvalue weighted by molar-refractivity contribution is -0.133. The van der Waals surface area contributed by atoms with Crippen molar-refractivity contribution in [2.75, 3.05) is 5.75 Å².